The molecule has 0 atom stereocenters. The number of carbonyl (C=O) groups is 1. The number of rotatable bonds is 5. The van der Waals surface area contributed by atoms with Gasteiger partial charge in [-0.15, -0.1) is 0 Å². The Morgan fingerprint density at radius 3 is 2.59 bits per heavy atom. The maximum Gasteiger partial charge on any atom is 0.364 e. The number of ether oxygens (including phenoxy) is 1. The number of esters is 1. The zero-order valence-corrected chi connectivity index (χ0v) is 16.3. The molecule has 0 aliphatic heterocycles. The third-order valence-corrected chi connectivity index (χ3v) is 5.09. The maximum absolute atomic E-state index is 13.0. The van der Waals surface area contributed by atoms with E-state index in [1.807, 2.05) is 19.9 Å². The molecule has 7 heteroatoms. The Kier molecular flexibility index (Phi) is 6.08. The van der Waals surface area contributed by atoms with Crippen molar-refractivity contribution in [2.75, 3.05) is 0 Å². The Morgan fingerprint density at radius 1 is 1.15 bits per heavy atom. The van der Waals surface area contributed by atoms with Gasteiger partial charge in [0.1, 0.15) is 11.6 Å². The lowest BCUT2D eigenvalue weighted by Crippen LogP contribution is -2.12. The molecule has 27 heavy (non-hydrogen) atoms. The first kappa shape index (κ1) is 19.3. The molecule has 0 fully saturated rings. The van der Waals surface area contributed by atoms with Crippen LogP contribution in [-0.4, -0.2) is 15.9 Å². The van der Waals surface area contributed by atoms with E-state index in [1.165, 1.54) is 30.1 Å². The van der Waals surface area contributed by atoms with Crippen molar-refractivity contribution >= 4 is 29.3 Å². The van der Waals surface area contributed by atoms with Crippen LogP contribution in [0, 0.1) is 19.7 Å². The van der Waals surface area contributed by atoms with Gasteiger partial charge in [0.25, 0.3) is 0 Å². The largest absolute Gasteiger partial charge is 0.422 e. The van der Waals surface area contributed by atoms with Crippen LogP contribution in [0.1, 0.15) is 27.2 Å². The third-order valence-electron chi connectivity index (χ3n) is 3.89. The van der Waals surface area contributed by atoms with E-state index in [-0.39, 0.29) is 16.5 Å². The van der Waals surface area contributed by atoms with E-state index < -0.39 is 5.97 Å². The van der Waals surface area contributed by atoms with Crippen molar-refractivity contribution in [1.29, 1.82) is 0 Å². The minimum atomic E-state index is -0.644. The molecule has 0 unspecified atom stereocenters. The van der Waals surface area contributed by atoms with Gasteiger partial charge in [-0.2, -0.15) is 0 Å². The summed E-state index contributed by atoms with van der Waals surface area (Å²) in [5.41, 5.74) is 3.05. The number of thioether (sulfide) groups is 1. The minimum absolute atomic E-state index is 0.00602. The van der Waals surface area contributed by atoms with Gasteiger partial charge in [-0.25, -0.2) is 19.2 Å². The van der Waals surface area contributed by atoms with Gasteiger partial charge in [0.05, 0.1) is 11.2 Å². The fraction of sp³-hybridized carbons (Fsp3) is 0.150. The van der Waals surface area contributed by atoms with Gasteiger partial charge in [0.2, 0.25) is 0 Å². The van der Waals surface area contributed by atoms with Gasteiger partial charge in [0, 0.05) is 5.75 Å². The molecule has 0 N–H and O–H groups in total. The first-order chi connectivity index (χ1) is 12.9. The average Bonchev–Trinajstić information content (AvgIpc) is 2.65. The van der Waals surface area contributed by atoms with Gasteiger partial charge in [0.15, 0.2) is 10.9 Å². The van der Waals surface area contributed by atoms with Crippen LogP contribution >= 0.6 is 23.4 Å². The van der Waals surface area contributed by atoms with Crippen LogP contribution in [-0.2, 0) is 5.75 Å². The number of aromatic nitrogens is 2. The number of benzene rings is 2. The summed E-state index contributed by atoms with van der Waals surface area (Å²) in [5, 5.41) is 0.505. The number of aryl methyl sites for hydroxylation is 2. The fourth-order valence-electron chi connectivity index (χ4n) is 2.22. The van der Waals surface area contributed by atoms with Crippen LogP contribution in [0.4, 0.5) is 4.39 Å². The predicted octanol–water partition coefficient (Wildman–Crippen LogP) is 5.40. The summed E-state index contributed by atoms with van der Waals surface area (Å²) in [6.45, 7) is 3.92. The Labute approximate surface area is 165 Å². The molecule has 0 saturated heterocycles. The van der Waals surface area contributed by atoms with Gasteiger partial charge < -0.3 is 4.74 Å². The van der Waals surface area contributed by atoms with Crippen LogP contribution < -0.4 is 4.74 Å². The number of nitrogens with zero attached hydrogens (tertiary/aromatic N) is 2. The molecule has 0 spiro atoms. The highest BCUT2D eigenvalue weighted by Gasteiger charge is 2.17. The topological polar surface area (TPSA) is 52.1 Å². The van der Waals surface area contributed by atoms with Gasteiger partial charge in [-0.3, -0.25) is 0 Å². The van der Waals surface area contributed by atoms with Crippen LogP contribution in [0.25, 0.3) is 0 Å². The minimum Gasteiger partial charge on any atom is -0.422 e. The van der Waals surface area contributed by atoms with E-state index in [1.54, 1.807) is 24.3 Å². The number of hydrogen-bond donors (Lipinski definition) is 0. The zero-order valence-electron chi connectivity index (χ0n) is 14.7. The van der Waals surface area contributed by atoms with Crippen LogP contribution in [0.3, 0.4) is 0 Å². The Balaban J connectivity index is 1.72. The normalized spacial score (nSPS) is 10.7. The van der Waals surface area contributed by atoms with Gasteiger partial charge >= 0.3 is 5.97 Å². The molecule has 1 aromatic heterocycles. The van der Waals surface area contributed by atoms with E-state index in [4.69, 9.17) is 16.3 Å². The summed E-state index contributed by atoms with van der Waals surface area (Å²) in [5.74, 6) is 0.0311. The average molecular weight is 403 g/mol. The molecule has 0 aliphatic rings. The SMILES string of the molecule is Cc1ccc(OC(=O)c2nc(SCc3ccc(F)cc3)ncc2Cl)cc1C. The van der Waals surface area contributed by atoms with Crippen molar-refractivity contribution in [3.05, 3.63) is 81.9 Å². The van der Waals surface area contributed by atoms with Crippen LogP contribution in [0.2, 0.25) is 5.02 Å². The monoisotopic (exact) mass is 402 g/mol. The van der Waals surface area contributed by atoms with Crippen molar-refractivity contribution in [3.63, 3.8) is 0 Å². The van der Waals surface area contributed by atoms with E-state index in [0.717, 1.165) is 16.7 Å². The maximum atomic E-state index is 13.0. The number of hydrogen-bond acceptors (Lipinski definition) is 5. The first-order valence-corrected chi connectivity index (χ1v) is 9.48. The zero-order chi connectivity index (χ0) is 19.4. The Hall–Kier alpha value is -2.44. The molecule has 0 bridgehead atoms. The number of halogens is 2. The van der Waals surface area contributed by atoms with Crippen LogP contribution in [0.15, 0.2) is 53.8 Å². The van der Waals surface area contributed by atoms with Gasteiger partial charge in [-0.1, -0.05) is 41.6 Å². The third kappa shape index (κ3) is 5.05. The smallest absolute Gasteiger partial charge is 0.364 e. The van der Waals surface area contributed by atoms with Crippen LogP contribution in [0.5, 0.6) is 5.75 Å². The molecule has 3 rings (SSSR count). The molecule has 2 aromatic carbocycles. The summed E-state index contributed by atoms with van der Waals surface area (Å²) < 4.78 is 18.3. The van der Waals surface area contributed by atoms with Crippen molar-refractivity contribution < 1.29 is 13.9 Å². The second kappa shape index (κ2) is 8.50. The molecular formula is C20H16ClFN2O2S. The number of carbonyl (C=O) groups excluding carboxylic acids is 1. The molecule has 0 aliphatic carbocycles. The van der Waals surface area contributed by atoms with E-state index >= 15 is 0 Å². The van der Waals surface area contributed by atoms with Gasteiger partial charge in [-0.05, 0) is 54.8 Å². The van der Waals surface area contributed by atoms with Crippen molar-refractivity contribution in [1.82, 2.24) is 9.97 Å². The lowest BCUT2D eigenvalue weighted by molar-refractivity contribution is 0.0727. The highest BCUT2D eigenvalue weighted by Crippen LogP contribution is 2.24. The molecule has 1 heterocycles. The molecular weight excluding hydrogens is 387 g/mol. The lowest BCUT2D eigenvalue weighted by Gasteiger charge is -2.08. The summed E-state index contributed by atoms with van der Waals surface area (Å²) in [7, 11) is 0. The van der Waals surface area contributed by atoms with E-state index in [2.05, 4.69) is 9.97 Å². The first-order valence-electron chi connectivity index (χ1n) is 8.11. The molecule has 0 amide bonds. The fourth-order valence-corrected chi connectivity index (χ4v) is 3.16. The van der Waals surface area contributed by atoms with Crippen molar-refractivity contribution in [2.45, 2.75) is 24.8 Å². The Morgan fingerprint density at radius 2 is 1.89 bits per heavy atom. The standard InChI is InChI=1S/C20H16ClFN2O2S/c1-12-3-8-16(9-13(12)2)26-19(25)18-17(21)10-23-20(24-18)27-11-14-4-6-15(22)7-5-14/h3-10H,11H2,1-2H3. The highest BCUT2D eigenvalue weighted by atomic mass is 35.5. The molecule has 3 aromatic rings. The second-order valence-electron chi connectivity index (χ2n) is 5.90. The summed E-state index contributed by atoms with van der Waals surface area (Å²) in [4.78, 5) is 20.8. The molecule has 0 radical (unpaired) electrons. The lowest BCUT2D eigenvalue weighted by atomic mass is 10.1. The predicted molar refractivity (Wildman–Crippen MR) is 104 cm³/mol. The quantitative estimate of drug-likeness (QED) is 0.247. The van der Waals surface area contributed by atoms with E-state index in [9.17, 15) is 9.18 Å². The van der Waals surface area contributed by atoms with E-state index in [0.29, 0.717) is 16.7 Å². The summed E-state index contributed by atoms with van der Waals surface area (Å²) in [6.07, 6.45) is 1.37. The van der Waals surface area contributed by atoms with Crippen molar-refractivity contribution in [2.24, 2.45) is 0 Å². The van der Waals surface area contributed by atoms with Crippen molar-refractivity contribution in [3.8, 4) is 5.75 Å². The summed E-state index contributed by atoms with van der Waals surface area (Å²) >= 11 is 7.39. The second-order valence-corrected chi connectivity index (χ2v) is 7.25. The molecule has 0 saturated carbocycles. The summed E-state index contributed by atoms with van der Waals surface area (Å²) in [6, 6.07) is 11.5. The molecule has 4 nitrogen and oxygen atoms in total. The highest BCUT2D eigenvalue weighted by molar-refractivity contribution is 7.98. The molecule has 138 valence electrons. The Bertz CT molecular complexity index is 980.